The lowest BCUT2D eigenvalue weighted by molar-refractivity contribution is 0.475. The average Bonchev–Trinajstić information content (AvgIpc) is 1.85. The molecule has 1 aromatic carbocycles. The molecule has 10 heavy (non-hydrogen) atoms. The molecular weight excluding hydrogens is 148 g/mol. The fraction of sp³-hybridized carbons (Fsp3) is 0. The number of aromatic hydroxyl groups is 1. The molecule has 0 spiro atoms. The van der Waals surface area contributed by atoms with Crippen LogP contribution in [-0.2, 0) is 0 Å². The molecule has 52 valence electrons. The van der Waals surface area contributed by atoms with Gasteiger partial charge in [0.05, 0.1) is 0 Å². The van der Waals surface area contributed by atoms with Crippen molar-refractivity contribution in [2.45, 2.75) is 0 Å². The van der Waals surface area contributed by atoms with Gasteiger partial charge in [0.2, 0.25) is 0 Å². The largest absolute Gasteiger partial charge is 0.508 e. The molecule has 0 amide bonds. The van der Waals surface area contributed by atoms with Gasteiger partial charge in [0.25, 0.3) is 0 Å². The molecule has 1 N–H and O–H groups in total. The molecule has 0 aromatic heterocycles. The van der Waals surface area contributed by atoms with Gasteiger partial charge in [-0.05, 0) is 23.8 Å². The molecule has 0 saturated heterocycles. The highest BCUT2D eigenvalue weighted by atomic mass is 35.5. The van der Waals surface area contributed by atoms with Crippen LogP contribution in [0.1, 0.15) is 5.56 Å². The third-order valence-corrected chi connectivity index (χ3v) is 1.36. The van der Waals surface area contributed by atoms with E-state index in [4.69, 9.17) is 16.7 Å². The van der Waals surface area contributed by atoms with Crippen molar-refractivity contribution in [3.05, 3.63) is 35.4 Å². The van der Waals surface area contributed by atoms with E-state index in [-0.39, 0.29) is 5.75 Å². The Morgan fingerprint density at radius 3 is 2.60 bits per heavy atom. The lowest BCUT2D eigenvalue weighted by Crippen LogP contribution is -1.71. The van der Waals surface area contributed by atoms with Crippen LogP contribution in [0.3, 0.4) is 0 Å². The van der Waals surface area contributed by atoms with E-state index >= 15 is 0 Å². The number of phenols is 1. The van der Waals surface area contributed by atoms with E-state index in [2.05, 4.69) is 6.58 Å². The molecule has 0 fully saturated rings. The number of halogens is 1. The van der Waals surface area contributed by atoms with Gasteiger partial charge in [0.15, 0.2) is 0 Å². The number of hydrogen-bond donors (Lipinski definition) is 1. The second-order valence-corrected chi connectivity index (χ2v) is 2.38. The van der Waals surface area contributed by atoms with Gasteiger partial charge >= 0.3 is 0 Å². The minimum Gasteiger partial charge on any atom is -0.508 e. The summed E-state index contributed by atoms with van der Waals surface area (Å²) in [5.74, 6) is 0.169. The van der Waals surface area contributed by atoms with E-state index in [1.165, 1.54) is 6.07 Å². The Bertz CT molecular complexity index is 235. The van der Waals surface area contributed by atoms with Crippen LogP contribution in [0.4, 0.5) is 0 Å². The molecule has 0 aliphatic rings. The van der Waals surface area contributed by atoms with Crippen LogP contribution in [0.25, 0.3) is 6.08 Å². The first-order valence-electron chi connectivity index (χ1n) is 2.84. The molecule has 1 rings (SSSR count). The van der Waals surface area contributed by atoms with Gasteiger partial charge in [0.1, 0.15) is 5.75 Å². The maximum atomic E-state index is 8.99. The molecule has 0 unspecified atom stereocenters. The molecule has 0 radical (unpaired) electrons. The Morgan fingerprint density at radius 2 is 2.10 bits per heavy atom. The summed E-state index contributed by atoms with van der Waals surface area (Å²) in [5, 5.41) is 9.52. The Hall–Kier alpha value is -0.950. The van der Waals surface area contributed by atoms with E-state index in [1.54, 1.807) is 18.2 Å². The summed E-state index contributed by atoms with van der Waals surface area (Å²) in [6, 6.07) is 4.81. The fourth-order valence-corrected chi connectivity index (χ4v) is 0.952. The summed E-state index contributed by atoms with van der Waals surface area (Å²) in [5.41, 5.74) is 0.824. The first-order chi connectivity index (χ1) is 4.72. The van der Waals surface area contributed by atoms with Gasteiger partial charge in [-0.1, -0.05) is 24.3 Å². The summed E-state index contributed by atoms with van der Waals surface area (Å²) in [4.78, 5) is 0. The molecule has 2 heteroatoms. The zero-order chi connectivity index (χ0) is 7.56. The highest BCUT2D eigenvalue weighted by Crippen LogP contribution is 2.19. The Balaban J connectivity index is 3.18. The quantitative estimate of drug-likeness (QED) is 0.660. The van der Waals surface area contributed by atoms with Crippen LogP contribution >= 0.6 is 11.6 Å². The van der Waals surface area contributed by atoms with Gasteiger partial charge in [-0.3, -0.25) is 0 Å². The molecule has 1 nitrogen and oxygen atoms in total. The molecular formula is C8H7ClO. The summed E-state index contributed by atoms with van der Waals surface area (Å²) in [6.07, 6.45) is 1.63. The zero-order valence-electron chi connectivity index (χ0n) is 5.34. The van der Waals surface area contributed by atoms with Crippen molar-refractivity contribution in [3.8, 4) is 5.75 Å². The topological polar surface area (TPSA) is 20.2 Å². The SMILES string of the molecule is C=Cc1cc(O)cc(Cl)c1. The lowest BCUT2D eigenvalue weighted by atomic mass is 10.2. The second kappa shape index (κ2) is 2.76. The van der Waals surface area contributed by atoms with Gasteiger partial charge < -0.3 is 5.11 Å². The van der Waals surface area contributed by atoms with Crippen molar-refractivity contribution in [1.29, 1.82) is 0 Å². The summed E-state index contributed by atoms with van der Waals surface area (Å²) in [7, 11) is 0. The summed E-state index contributed by atoms with van der Waals surface area (Å²) < 4.78 is 0. The maximum Gasteiger partial charge on any atom is 0.117 e. The smallest absolute Gasteiger partial charge is 0.117 e. The van der Waals surface area contributed by atoms with Crippen LogP contribution in [-0.4, -0.2) is 5.11 Å². The van der Waals surface area contributed by atoms with Crippen molar-refractivity contribution < 1.29 is 5.11 Å². The van der Waals surface area contributed by atoms with E-state index in [1.807, 2.05) is 0 Å². The standard InChI is InChI=1S/C8H7ClO/c1-2-6-3-7(9)5-8(10)4-6/h2-5,10H,1H2. The Kier molecular flexibility index (Phi) is 1.97. The average molecular weight is 155 g/mol. The van der Waals surface area contributed by atoms with E-state index in [0.717, 1.165) is 5.56 Å². The fourth-order valence-electron chi connectivity index (χ4n) is 0.714. The van der Waals surface area contributed by atoms with Crippen LogP contribution in [0.15, 0.2) is 24.8 Å². The maximum absolute atomic E-state index is 8.99. The van der Waals surface area contributed by atoms with E-state index in [0.29, 0.717) is 5.02 Å². The number of hydrogen-bond acceptors (Lipinski definition) is 1. The third-order valence-electron chi connectivity index (χ3n) is 1.14. The van der Waals surface area contributed by atoms with Gasteiger partial charge in [-0.2, -0.15) is 0 Å². The van der Waals surface area contributed by atoms with Crippen molar-refractivity contribution in [3.63, 3.8) is 0 Å². The Morgan fingerprint density at radius 1 is 1.40 bits per heavy atom. The predicted molar refractivity (Wildman–Crippen MR) is 43.2 cm³/mol. The highest BCUT2D eigenvalue weighted by Gasteiger charge is 1.93. The zero-order valence-corrected chi connectivity index (χ0v) is 6.10. The molecule has 0 heterocycles. The minimum absolute atomic E-state index is 0.169. The second-order valence-electron chi connectivity index (χ2n) is 1.95. The number of phenolic OH excluding ortho intramolecular Hbond substituents is 1. The molecule has 0 aliphatic carbocycles. The van der Waals surface area contributed by atoms with Crippen molar-refractivity contribution in [2.24, 2.45) is 0 Å². The Labute approximate surface area is 64.6 Å². The molecule has 0 saturated carbocycles. The summed E-state index contributed by atoms with van der Waals surface area (Å²) in [6.45, 7) is 3.54. The van der Waals surface area contributed by atoms with Crippen LogP contribution < -0.4 is 0 Å². The molecule has 1 aromatic rings. The third kappa shape index (κ3) is 1.52. The number of rotatable bonds is 1. The van der Waals surface area contributed by atoms with Crippen molar-refractivity contribution >= 4 is 17.7 Å². The van der Waals surface area contributed by atoms with Gasteiger partial charge in [-0.15, -0.1) is 0 Å². The van der Waals surface area contributed by atoms with Crippen LogP contribution in [0, 0.1) is 0 Å². The molecule has 0 bridgehead atoms. The van der Waals surface area contributed by atoms with E-state index in [9.17, 15) is 0 Å². The van der Waals surface area contributed by atoms with Crippen molar-refractivity contribution in [2.75, 3.05) is 0 Å². The van der Waals surface area contributed by atoms with Gasteiger partial charge in [-0.25, -0.2) is 0 Å². The first-order valence-corrected chi connectivity index (χ1v) is 3.22. The first kappa shape index (κ1) is 7.16. The highest BCUT2D eigenvalue weighted by molar-refractivity contribution is 6.30. The van der Waals surface area contributed by atoms with Crippen LogP contribution in [0.2, 0.25) is 5.02 Å². The summed E-state index contributed by atoms with van der Waals surface area (Å²) >= 11 is 5.62. The molecule has 0 aliphatic heterocycles. The van der Waals surface area contributed by atoms with Gasteiger partial charge in [0, 0.05) is 5.02 Å². The monoisotopic (exact) mass is 154 g/mol. The van der Waals surface area contributed by atoms with E-state index < -0.39 is 0 Å². The normalized spacial score (nSPS) is 9.30. The minimum atomic E-state index is 0.169. The van der Waals surface area contributed by atoms with Crippen LogP contribution in [0.5, 0.6) is 5.75 Å². The lowest BCUT2D eigenvalue weighted by Gasteiger charge is -1.95. The predicted octanol–water partition coefficient (Wildman–Crippen LogP) is 2.69. The molecule has 0 atom stereocenters. The number of benzene rings is 1. The van der Waals surface area contributed by atoms with Crippen molar-refractivity contribution in [1.82, 2.24) is 0 Å².